The molecule has 3 heterocycles. The highest BCUT2D eigenvalue weighted by atomic mass is 32.1. The van der Waals surface area contributed by atoms with Gasteiger partial charge in [-0.3, -0.25) is 4.89 Å². The zero-order valence-corrected chi connectivity index (χ0v) is 19.8. The Labute approximate surface area is 178 Å². The van der Waals surface area contributed by atoms with E-state index in [0.717, 1.165) is 31.0 Å². The fraction of sp³-hybridized carbons (Fsp3) is 0.900. The standard InChI is InChI=1S/C20H36N4O4S/c1-17(2)10-9-11-18(3,4)24(17)28-27-16-15(21-29-22-16)26-14-12-19(5,6)23(25)20(7,8)13-14/h14,25H,9-13H2,1-8H3. The Balaban J connectivity index is 1.69. The van der Waals surface area contributed by atoms with Gasteiger partial charge in [-0.25, -0.2) is 0 Å². The largest absolute Gasteiger partial charge is 0.470 e. The molecule has 1 aromatic heterocycles. The highest BCUT2D eigenvalue weighted by molar-refractivity contribution is 6.99. The van der Waals surface area contributed by atoms with Crippen molar-refractivity contribution in [2.24, 2.45) is 0 Å². The molecule has 0 unspecified atom stereocenters. The van der Waals surface area contributed by atoms with Gasteiger partial charge in [-0.15, -0.1) is 13.8 Å². The lowest BCUT2D eigenvalue weighted by Gasteiger charge is -2.50. The van der Waals surface area contributed by atoms with Crippen molar-refractivity contribution < 1.29 is 19.8 Å². The minimum atomic E-state index is -0.408. The van der Waals surface area contributed by atoms with Crippen LogP contribution in [0, 0.1) is 0 Å². The minimum absolute atomic E-state index is 0.113. The molecule has 3 rings (SSSR count). The number of ether oxygens (including phenoxy) is 1. The first-order valence-corrected chi connectivity index (χ1v) is 11.1. The van der Waals surface area contributed by atoms with Gasteiger partial charge in [0, 0.05) is 35.0 Å². The number of piperidine rings is 2. The SMILES string of the molecule is CC1(C)CC(Oc2nsnc2OON2C(C)(C)CCCC2(C)C)CC(C)(C)N1O. The lowest BCUT2D eigenvalue weighted by atomic mass is 9.80. The lowest BCUT2D eigenvalue weighted by molar-refractivity contribution is -0.430. The number of aromatic nitrogens is 2. The van der Waals surface area contributed by atoms with Crippen LogP contribution in [0.1, 0.15) is 87.5 Å². The topological polar surface area (TPSA) is 80.2 Å². The molecule has 0 aliphatic carbocycles. The molecule has 9 heteroatoms. The summed E-state index contributed by atoms with van der Waals surface area (Å²) < 4.78 is 14.7. The van der Waals surface area contributed by atoms with Crippen molar-refractivity contribution in [2.75, 3.05) is 0 Å². The van der Waals surface area contributed by atoms with Crippen LogP contribution < -0.4 is 9.62 Å². The Kier molecular flexibility index (Phi) is 5.95. The maximum Gasteiger partial charge on any atom is 0.333 e. The molecular formula is C20H36N4O4S. The van der Waals surface area contributed by atoms with E-state index in [1.165, 1.54) is 5.06 Å². The van der Waals surface area contributed by atoms with Crippen molar-refractivity contribution in [1.82, 2.24) is 18.9 Å². The van der Waals surface area contributed by atoms with Crippen molar-refractivity contribution in [3.63, 3.8) is 0 Å². The van der Waals surface area contributed by atoms with Gasteiger partial charge in [0.05, 0.1) is 11.7 Å². The number of nitrogens with zero attached hydrogens (tertiary/aromatic N) is 4. The first kappa shape index (κ1) is 22.7. The zero-order chi connectivity index (χ0) is 21.7. The van der Waals surface area contributed by atoms with Gasteiger partial charge in [0.15, 0.2) is 0 Å². The van der Waals surface area contributed by atoms with Gasteiger partial charge in [0.2, 0.25) is 0 Å². The molecule has 0 spiro atoms. The summed E-state index contributed by atoms with van der Waals surface area (Å²) in [4.78, 5) is 11.4. The highest BCUT2D eigenvalue weighted by Crippen LogP contribution is 2.41. The van der Waals surface area contributed by atoms with Gasteiger partial charge in [-0.2, -0.15) is 5.06 Å². The highest BCUT2D eigenvalue weighted by Gasteiger charge is 2.47. The summed E-state index contributed by atoms with van der Waals surface area (Å²) in [5, 5.41) is 13.8. The van der Waals surface area contributed by atoms with E-state index in [1.54, 1.807) is 0 Å². The van der Waals surface area contributed by atoms with Crippen LogP contribution in [0.15, 0.2) is 0 Å². The molecule has 0 amide bonds. The van der Waals surface area contributed by atoms with Crippen LogP contribution in [0.3, 0.4) is 0 Å². The predicted molar refractivity (Wildman–Crippen MR) is 111 cm³/mol. The van der Waals surface area contributed by atoms with E-state index < -0.39 is 11.1 Å². The Hall–Kier alpha value is -1.00. The van der Waals surface area contributed by atoms with Gasteiger partial charge >= 0.3 is 5.88 Å². The monoisotopic (exact) mass is 428 g/mol. The molecule has 29 heavy (non-hydrogen) atoms. The summed E-state index contributed by atoms with van der Waals surface area (Å²) in [7, 11) is 0. The van der Waals surface area contributed by atoms with Gasteiger partial charge in [-0.1, -0.05) is 4.99 Å². The van der Waals surface area contributed by atoms with E-state index >= 15 is 0 Å². The quantitative estimate of drug-likeness (QED) is 0.538. The molecule has 2 aliphatic rings. The van der Waals surface area contributed by atoms with Crippen LogP contribution in [-0.2, 0) is 4.99 Å². The van der Waals surface area contributed by atoms with Crippen LogP contribution >= 0.6 is 11.7 Å². The molecule has 0 bridgehead atoms. The molecule has 2 fully saturated rings. The summed E-state index contributed by atoms with van der Waals surface area (Å²) in [6.45, 7) is 16.6. The molecule has 0 aromatic carbocycles. The van der Waals surface area contributed by atoms with E-state index in [1.807, 2.05) is 32.8 Å². The third-order valence-corrected chi connectivity index (χ3v) is 6.67. The van der Waals surface area contributed by atoms with Crippen LogP contribution in [0.25, 0.3) is 0 Å². The molecule has 8 nitrogen and oxygen atoms in total. The summed E-state index contributed by atoms with van der Waals surface area (Å²) in [5.41, 5.74) is -1.10. The Morgan fingerprint density at radius 2 is 1.38 bits per heavy atom. The summed E-state index contributed by atoms with van der Waals surface area (Å²) >= 11 is 1.03. The fourth-order valence-corrected chi connectivity index (χ4v) is 5.38. The third-order valence-electron chi connectivity index (χ3n) is 6.18. The lowest BCUT2D eigenvalue weighted by Crippen LogP contribution is -2.61. The summed E-state index contributed by atoms with van der Waals surface area (Å²) in [6, 6.07) is 0. The average molecular weight is 429 g/mol. The van der Waals surface area contributed by atoms with Crippen molar-refractivity contribution >= 4 is 11.7 Å². The zero-order valence-electron chi connectivity index (χ0n) is 19.0. The average Bonchev–Trinajstić information content (AvgIpc) is 2.97. The van der Waals surface area contributed by atoms with Crippen LogP contribution in [0.5, 0.6) is 11.8 Å². The Morgan fingerprint density at radius 1 is 0.862 bits per heavy atom. The molecule has 166 valence electrons. The van der Waals surface area contributed by atoms with Crippen LogP contribution in [-0.4, -0.2) is 52.3 Å². The van der Waals surface area contributed by atoms with E-state index in [4.69, 9.17) is 14.6 Å². The minimum Gasteiger partial charge on any atom is -0.470 e. The van der Waals surface area contributed by atoms with E-state index in [-0.39, 0.29) is 23.1 Å². The van der Waals surface area contributed by atoms with E-state index in [9.17, 15) is 5.21 Å². The third kappa shape index (κ3) is 4.69. The number of hydrogen-bond donors (Lipinski definition) is 1. The molecule has 0 saturated carbocycles. The van der Waals surface area contributed by atoms with Gasteiger partial charge in [0.25, 0.3) is 5.88 Å². The normalized spacial score (nSPS) is 26.9. The van der Waals surface area contributed by atoms with Crippen LogP contribution in [0.2, 0.25) is 0 Å². The molecule has 2 aliphatic heterocycles. The molecule has 0 radical (unpaired) electrons. The van der Waals surface area contributed by atoms with Gasteiger partial charge in [-0.05, 0) is 74.7 Å². The first-order valence-electron chi connectivity index (χ1n) is 10.4. The summed E-state index contributed by atoms with van der Waals surface area (Å²) in [5.74, 6) is 0.583. The molecule has 2 saturated heterocycles. The number of hydroxylamine groups is 4. The van der Waals surface area contributed by atoms with Gasteiger partial charge in [0.1, 0.15) is 6.10 Å². The van der Waals surface area contributed by atoms with Crippen molar-refractivity contribution in [1.29, 1.82) is 0 Å². The van der Waals surface area contributed by atoms with Crippen LogP contribution in [0.4, 0.5) is 0 Å². The first-order chi connectivity index (χ1) is 13.2. The smallest absolute Gasteiger partial charge is 0.333 e. The van der Waals surface area contributed by atoms with Crippen molar-refractivity contribution in [3.05, 3.63) is 0 Å². The Morgan fingerprint density at radius 3 is 1.93 bits per heavy atom. The maximum atomic E-state index is 10.5. The molecule has 1 N–H and O–H groups in total. The van der Waals surface area contributed by atoms with E-state index in [0.29, 0.717) is 18.7 Å². The number of rotatable bonds is 5. The number of hydrogen-bond acceptors (Lipinski definition) is 9. The second-order valence-electron chi connectivity index (χ2n) is 10.9. The predicted octanol–water partition coefficient (Wildman–Crippen LogP) is 4.60. The Bertz CT molecular complexity index is 685. The van der Waals surface area contributed by atoms with Gasteiger partial charge < -0.3 is 9.94 Å². The summed E-state index contributed by atoms with van der Waals surface area (Å²) in [6.07, 6.45) is 4.43. The molecule has 0 atom stereocenters. The fourth-order valence-electron chi connectivity index (χ4n) is 4.97. The second kappa shape index (κ2) is 7.60. The maximum absolute atomic E-state index is 10.5. The molecule has 1 aromatic rings. The van der Waals surface area contributed by atoms with E-state index in [2.05, 4.69) is 36.4 Å². The second-order valence-corrected chi connectivity index (χ2v) is 11.4. The molecular weight excluding hydrogens is 392 g/mol. The van der Waals surface area contributed by atoms with Crippen molar-refractivity contribution in [2.45, 2.75) is 116 Å². The van der Waals surface area contributed by atoms with Crippen molar-refractivity contribution in [3.8, 4) is 11.8 Å².